The molecule has 0 saturated carbocycles. The summed E-state index contributed by atoms with van der Waals surface area (Å²) in [7, 11) is 0. The number of ether oxygens (including phenoxy) is 2. The molecule has 0 bridgehead atoms. The average Bonchev–Trinajstić information content (AvgIpc) is 2.62. The van der Waals surface area contributed by atoms with E-state index in [0.29, 0.717) is 5.75 Å². The van der Waals surface area contributed by atoms with E-state index in [1.54, 1.807) is 12.1 Å². The number of benzene rings is 2. The maximum atomic E-state index is 12.2. The monoisotopic (exact) mass is 369 g/mol. The normalized spacial score (nSPS) is 12.3. The molecule has 0 amide bonds. The molecule has 4 heteroatoms. The number of hydrogen-bond donors (Lipinski definition) is 0. The highest BCUT2D eigenvalue weighted by Gasteiger charge is 2.20. The molecule has 0 radical (unpaired) electrons. The van der Waals surface area contributed by atoms with Crippen LogP contribution in [0.3, 0.4) is 0 Å². The zero-order chi connectivity index (χ0) is 19.9. The summed E-state index contributed by atoms with van der Waals surface area (Å²) in [6.07, 6.45) is 0.982. The molecule has 146 valence electrons. The third-order valence-corrected chi connectivity index (χ3v) is 4.47. The molecule has 2 aromatic rings. The quantitative estimate of drug-likeness (QED) is 0.333. The Morgan fingerprint density at radius 3 is 2.22 bits per heavy atom. The molecule has 0 heterocycles. The van der Waals surface area contributed by atoms with Crippen molar-refractivity contribution < 1.29 is 14.3 Å². The fourth-order valence-corrected chi connectivity index (χ4v) is 2.81. The number of para-hydroxylation sites is 1. The molecule has 0 aliphatic heterocycles. The van der Waals surface area contributed by atoms with Gasteiger partial charge in [0.2, 0.25) is 0 Å². The van der Waals surface area contributed by atoms with Crippen molar-refractivity contribution in [1.82, 2.24) is 0 Å². The van der Waals surface area contributed by atoms with Crippen LogP contribution in [0.5, 0.6) is 5.75 Å². The minimum absolute atomic E-state index is 0.0585. The smallest absolute Gasteiger partial charge is 0.410 e. The van der Waals surface area contributed by atoms with Crippen molar-refractivity contribution in [1.29, 1.82) is 0 Å². The van der Waals surface area contributed by atoms with Gasteiger partial charge in [0.15, 0.2) is 6.23 Å². The molecule has 2 rings (SSSR count). The standard InChI is InChI=1S/C23H31NO3/c1-6-7-17-24(20-11-9-8-10-12-20)18(2)26-22(25)27-21-15-13-19(14-16-21)23(3,4)5/h8-16,18H,6-7,17H2,1-5H3. The first-order chi connectivity index (χ1) is 12.8. The van der Waals surface area contributed by atoms with Crippen LogP contribution in [0.25, 0.3) is 0 Å². The van der Waals surface area contributed by atoms with Crippen LogP contribution in [-0.2, 0) is 10.2 Å². The molecule has 0 aromatic heterocycles. The van der Waals surface area contributed by atoms with Crippen LogP contribution in [0.15, 0.2) is 54.6 Å². The van der Waals surface area contributed by atoms with E-state index in [9.17, 15) is 4.79 Å². The fourth-order valence-electron chi connectivity index (χ4n) is 2.81. The van der Waals surface area contributed by atoms with Gasteiger partial charge in [-0.25, -0.2) is 4.79 Å². The Kier molecular flexibility index (Phi) is 7.28. The van der Waals surface area contributed by atoms with Crippen LogP contribution < -0.4 is 9.64 Å². The van der Waals surface area contributed by atoms with E-state index >= 15 is 0 Å². The van der Waals surface area contributed by atoms with Crippen molar-refractivity contribution in [2.75, 3.05) is 11.4 Å². The molecule has 27 heavy (non-hydrogen) atoms. The topological polar surface area (TPSA) is 38.8 Å². The van der Waals surface area contributed by atoms with E-state index in [4.69, 9.17) is 9.47 Å². The highest BCUT2D eigenvalue weighted by Crippen LogP contribution is 2.25. The van der Waals surface area contributed by atoms with Crippen molar-refractivity contribution in [3.8, 4) is 5.75 Å². The van der Waals surface area contributed by atoms with Crippen molar-refractivity contribution in [2.24, 2.45) is 0 Å². The maximum absolute atomic E-state index is 12.2. The van der Waals surface area contributed by atoms with E-state index in [-0.39, 0.29) is 5.41 Å². The van der Waals surface area contributed by atoms with Crippen molar-refractivity contribution >= 4 is 11.8 Å². The number of rotatable bonds is 7. The predicted molar refractivity (Wildman–Crippen MR) is 110 cm³/mol. The summed E-state index contributed by atoms with van der Waals surface area (Å²) in [4.78, 5) is 14.3. The van der Waals surface area contributed by atoms with E-state index in [2.05, 4.69) is 32.6 Å². The van der Waals surface area contributed by atoms with Crippen molar-refractivity contribution in [3.63, 3.8) is 0 Å². The molecular formula is C23H31NO3. The van der Waals surface area contributed by atoms with E-state index in [0.717, 1.165) is 25.1 Å². The highest BCUT2D eigenvalue weighted by atomic mass is 16.7. The maximum Gasteiger partial charge on any atom is 0.515 e. The molecule has 0 N–H and O–H groups in total. The number of unbranched alkanes of at least 4 members (excludes halogenated alkanes) is 1. The number of hydrogen-bond acceptors (Lipinski definition) is 4. The number of anilines is 1. The van der Waals surface area contributed by atoms with E-state index in [1.807, 2.05) is 49.4 Å². The lowest BCUT2D eigenvalue weighted by molar-refractivity contribution is 0.0640. The number of nitrogens with zero attached hydrogens (tertiary/aromatic N) is 1. The SMILES string of the molecule is CCCCN(c1ccccc1)C(C)OC(=O)Oc1ccc(C(C)(C)C)cc1. The van der Waals surface area contributed by atoms with Crippen LogP contribution in [-0.4, -0.2) is 18.9 Å². The fraction of sp³-hybridized carbons (Fsp3) is 0.435. The Balaban J connectivity index is 2.00. The van der Waals surface area contributed by atoms with Gasteiger partial charge in [0, 0.05) is 12.2 Å². The third kappa shape index (κ3) is 6.31. The lowest BCUT2D eigenvalue weighted by atomic mass is 9.87. The highest BCUT2D eigenvalue weighted by molar-refractivity contribution is 5.64. The largest absolute Gasteiger partial charge is 0.515 e. The summed E-state index contributed by atoms with van der Waals surface area (Å²) in [5, 5.41) is 0. The van der Waals surface area contributed by atoms with Gasteiger partial charge in [0.25, 0.3) is 0 Å². The summed E-state index contributed by atoms with van der Waals surface area (Å²) >= 11 is 0. The van der Waals surface area contributed by atoms with Crippen LogP contribution in [0.2, 0.25) is 0 Å². The molecule has 0 aliphatic carbocycles. The van der Waals surface area contributed by atoms with Gasteiger partial charge in [0.1, 0.15) is 5.75 Å². The second-order valence-electron chi connectivity index (χ2n) is 7.73. The molecule has 2 aromatic carbocycles. The van der Waals surface area contributed by atoms with Crippen molar-refractivity contribution in [3.05, 3.63) is 60.2 Å². The van der Waals surface area contributed by atoms with Crippen molar-refractivity contribution in [2.45, 2.75) is 59.1 Å². The Morgan fingerprint density at radius 2 is 1.67 bits per heavy atom. The zero-order valence-corrected chi connectivity index (χ0v) is 17.1. The van der Waals surface area contributed by atoms with Gasteiger partial charge >= 0.3 is 6.16 Å². The van der Waals surface area contributed by atoms with Gasteiger partial charge in [-0.3, -0.25) is 0 Å². The van der Waals surface area contributed by atoms with Gasteiger partial charge in [0.05, 0.1) is 0 Å². The molecule has 1 atom stereocenters. The number of carbonyl (C=O) groups excluding carboxylic acids is 1. The first-order valence-corrected chi connectivity index (χ1v) is 9.62. The third-order valence-electron chi connectivity index (χ3n) is 4.47. The first-order valence-electron chi connectivity index (χ1n) is 9.62. The molecule has 0 fully saturated rings. The van der Waals surface area contributed by atoms with E-state index in [1.165, 1.54) is 5.56 Å². The summed E-state index contributed by atoms with van der Waals surface area (Å²) in [6, 6.07) is 17.5. The second-order valence-corrected chi connectivity index (χ2v) is 7.73. The number of carbonyl (C=O) groups is 1. The average molecular weight is 370 g/mol. The van der Waals surface area contributed by atoms with Gasteiger partial charge in [-0.2, -0.15) is 0 Å². The lowest BCUT2D eigenvalue weighted by Gasteiger charge is -2.30. The summed E-state index contributed by atoms with van der Waals surface area (Å²) in [6.45, 7) is 11.3. The molecular weight excluding hydrogens is 338 g/mol. The summed E-state index contributed by atoms with van der Waals surface area (Å²) in [5.41, 5.74) is 2.27. The minimum atomic E-state index is -0.691. The van der Waals surface area contributed by atoms with Crippen LogP contribution in [0.4, 0.5) is 10.5 Å². The molecule has 0 saturated heterocycles. The summed E-state index contributed by atoms with van der Waals surface area (Å²) in [5.74, 6) is 0.486. The molecule has 0 aliphatic rings. The van der Waals surface area contributed by atoms with Crippen LogP contribution in [0, 0.1) is 0 Å². The lowest BCUT2D eigenvalue weighted by Crippen LogP contribution is -2.38. The second kappa shape index (κ2) is 9.45. The molecule has 1 unspecified atom stereocenters. The van der Waals surface area contributed by atoms with Gasteiger partial charge in [-0.1, -0.05) is 64.4 Å². The zero-order valence-electron chi connectivity index (χ0n) is 17.1. The molecule has 4 nitrogen and oxygen atoms in total. The Morgan fingerprint density at radius 1 is 1.04 bits per heavy atom. The predicted octanol–water partition coefficient (Wildman–Crippen LogP) is 6.15. The Bertz CT molecular complexity index is 705. The van der Waals surface area contributed by atoms with Crippen LogP contribution in [0.1, 0.15) is 53.0 Å². The van der Waals surface area contributed by atoms with Gasteiger partial charge < -0.3 is 14.4 Å². The van der Waals surface area contributed by atoms with Gasteiger partial charge in [-0.05, 0) is 48.6 Å². The first kappa shape index (κ1) is 20.8. The van der Waals surface area contributed by atoms with Gasteiger partial charge in [-0.15, -0.1) is 0 Å². The Labute approximate surface area is 163 Å². The van der Waals surface area contributed by atoms with E-state index < -0.39 is 12.4 Å². The summed E-state index contributed by atoms with van der Waals surface area (Å²) < 4.78 is 10.9. The minimum Gasteiger partial charge on any atom is -0.410 e. The van der Waals surface area contributed by atoms with Crippen LogP contribution >= 0.6 is 0 Å². The molecule has 0 spiro atoms. The Hall–Kier alpha value is -2.49.